The van der Waals surface area contributed by atoms with E-state index in [1.165, 1.54) is 25.3 Å². The van der Waals surface area contributed by atoms with Crippen molar-refractivity contribution in [2.24, 2.45) is 0 Å². The van der Waals surface area contributed by atoms with Gasteiger partial charge in [0.2, 0.25) is 0 Å². The highest BCUT2D eigenvalue weighted by Gasteiger charge is 2.22. The van der Waals surface area contributed by atoms with Crippen molar-refractivity contribution >= 4 is 11.9 Å². The standard InChI is InChI=1S/C16H21NO5/c1-10(15(18)17-12-5-3-4-6-12)22-13-8-7-11(16(19)20)9-14(13)21-2/h7-10,12H,3-6H2,1-2H3,(H,17,18)(H,19,20)/t10-/m0/s1. The molecular formula is C16H21NO5. The predicted molar refractivity (Wildman–Crippen MR) is 80.4 cm³/mol. The Morgan fingerprint density at radius 2 is 1.95 bits per heavy atom. The molecule has 1 aromatic rings. The molecule has 1 atom stereocenters. The summed E-state index contributed by atoms with van der Waals surface area (Å²) >= 11 is 0. The molecule has 1 amide bonds. The minimum Gasteiger partial charge on any atom is -0.493 e. The van der Waals surface area contributed by atoms with E-state index in [1.807, 2.05) is 0 Å². The highest BCUT2D eigenvalue weighted by atomic mass is 16.5. The number of nitrogens with one attached hydrogen (secondary N) is 1. The number of hydrogen-bond acceptors (Lipinski definition) is 4. The monoisotopic (exact) mass is 307 g/mol. The summed E-state index contributed by atoms with van der Waals surface area (Å²) in [6.07, 6.45) is 3.63. The number of rotatable bonds is 6. The van der Waals surface area contributed by atoms with Gasteiger partial charge in [-0.1, -0.05) is 12.8 Å². The van der Waals surface area contributed by atoms with Gasteiger partial charge in [-0.25, -0.2) is 4.79 Å². The summed E-state index contributed by atoms with van der Waals surface area (Å²) in [5.74, 6) is -0.574. The Morgan fingerprint density at radius 3 is 2.55 bits per heavy atom. The number of carbonyl (C=O) groups excluding carboxylic acids is 1. The quantitative estimate of drug-likeness (QED) is 0.841. The van der Waals surface area contributed by atoms with Crippen LogP contribution < -0.4 is 14.8 Å². The predicted octanol–water partition coefficient (Wildman–Crippen LogP) is 2.22. The largest absolute Gasteiger partial charge is 0.493 e. The number of carbonyl (C=O) groups is 2. The molecule has 2 rings (SSSR count). The molecule has 1 fully saturated rings. The van der Waals surface area contributed by atoms with Crippen molar-refractivity contribution in [3.63, 3.8) is 0 Å². The smallest absolute Gasteiger partial charge is 0.335 e. The van der Waals surface area contributed by atoms with Crippen molar-refractivity contribution in [3.8, 4) is 11.5 Å². The summed E-state index contributed by atoms with van der Waals surface area (Å²) in [6.45, 7) is 1.66. The molecule has 6 heteroatoms. The highest BCUT2D eigenvalue weighted by molar-refractivity contribution is 5.88. The van der Waals surface area contributed by atoms with Crippen LogP contribution in [0.1, 0.15) is 43.0 Å². The number of methoxy groups -OCH3 is 1. The van der Waals surface area contributed by atoms with Gasteiger partial charge in [-0.05, 0) is 38.0 Å². The Balaban J connectivity index is 2.02. The lowest BCUT2D eigenvalue weighted by Crippen LogP contribution is -2.41. The lowest BCUT2D eigenvalue weighted by Gasteiger charge is -2.19. The Hall–Kier alpha value is -2.24. The molecule has 0 saturated heterocycles. The third-order valence-corrected chi connectivity index (χ3v) is 3.79. The van der Waals surface area contributed by atoms with Crippen LogP contribution in [0, 0.1) is 0 Å². The van der Waals surface area contributed by atoms with E-state index in [2.05, 4.69) is 5.32 Å². The van der Waals surface area contributed by atoms with Gasteiger partial charge in [0.15, 0.2) is 17.6 Å². The zero-order valence-electron chi connectivity index (χ0n) is 12.8. The summed E-state index contributed by atoms with van der Waals surface area (Å²) in [6, 6.07) is 4.53. The number of hydrogen-bond donors (Lipinski definition) is 2. The van der Waals surface area contributed by atoms with Crippen molar-refractivity contribution < 1.29 is 24.2 Å². The fourth-order valence-electron chi connectivity index (χ4n) is 2.53. The van der Waals surface area contributed by atoms with Crippen LogP contribution in [0.3, 0.4) is 0 Å². The maximum absolute atomic E-state index is 12.1. The molecule has 0 aromatic heterocycles. The molecule has 2 N–H and O–H groups in total. The fraction of sp³-hybridized carbons (Fsp3) is 0.500. The van der Waals surface area contributed by atoms with Crippen LogP contribution >= 0.6 is 0 Å². The van der Waals surface area contributed by atoms with Gasteiger partial charge in [-0.3, -0.25) is 4.79 Å². The molecule has 6 nitrogen and oxygen atoms in total. The summed E-state index contributed by atoms with van der Waals surface area (Å²) in [5, 5.41) is 11.9. The zero-order valence-corrected chi connectivity index (χ0v) is 12.8. The van der Waals surface area contributed by atoms with Crippen LogP contribution in [0.5, 0.6) is 11.5 Å². The lowest BCUT2D eigenvalue weighted by atomic mass is 10.2. The number of ether oxygens (including phenoxy) is 2. The maximum atomic E-state index is 12.1. The van der Waals surface area contributed by atoms with E-state index in [0.717, 1.165) is 25.7 Å². The first kappa shape index (κ1) is 16.1. The maximum Gasteiger partial charge on any atom is 0.335 e. The molecule has 120 valence electrons. The molecule has 1 aromatic carbocycles. The molecule has 22 heavy (non-hydrogen) atoms. The minimum absolute atomic E-state index is 0.104. The van der Waals surface area contributed by atoms with Crippen LogP contribution in [-0.2, 0) is 4.79 Å². The molecule has 1 aliphatic rings. The van der Waals surface area contributed by atoms with Gasteiger partial charge in [0.05, 0.1) is 12.7 Å². The number of carboxylic acids is 1. The molecule has 0 aliphatic heterocycles. The van der Waals surface area contributed by atoms with Crippen molar-refractivity contribution in [3.05, 3.63) is 23.8 Å². The van der Waals surface area contributed by atoms with Crippen molar-refractivity contribution in [1.82, 2.24) is 5.32 Å². The first-order valence-corrected chi connectivity index (χ1v) is 7.39. The summed E-state index contributed by atoms with van der Waals surface area (Å²) in [5.41, 5.74) is 0.104. The van der Waals surface area contributed by atoms with Crippen LogP contribution in [0.25, 0.3) is 0 Å². The van der Waals surface area contributed by atoms with E-state index >= 15 is 0 Å². The van der Waals surface area contributed by atoms with Crippen LogP contribution in [0.15, 0.2) is 18.2 Å². The summed E-state index contributed by atoms with van der Waals surface area (Å²) in [4.78, 5) is 23.1. The van der Waals surface area contributed by atoms with E-state index in [-0.39, 0.29) is 17.5 Å². The van der Waals surface area contributed by atoms with Gasteiger partial charge < -0.3 is 19.9 Å². The lowest BCUT2D eigenvalue weighted by molar-refractivity contribution is -0.128. The second kappa shape index (κ2) is 7.15. The number of amides is 1. The average Bonchev–Trinajstić information content (AvgIpc) is 3.00. The molecule has 0 unspecified atom stereocenters. The van der Waals surface area contributed by atoms with E-state index in [1.54, 1.807) is 6.92 Å². The minimum atomic E-state index is -1.04. The average molecular weight is 307 g/mol. The number of carboxylic acid groups (broad SMARTS) is 1. The zero-order chi connectivity index (χ0) is 16.1. The first-order chi connectivity index (χ1) is 10.5. The van der Waals surface area contributed by atoms with Crippen LogP contribution in [0.4, 0.5) is 0 Å². The Morgan fingerprint density at radius 1 is 1.27 bits per heavy atom. The van der Waals surface area contributed by atoms with E-state index in [0.29, 0.717) is 11.5 Å². The van der Waals surface area contributed by atoms with Crippen molar-refractivity contribution in [2.75, 3.05) is 7.11 Å². The molecule has 0 heterocycles. The van der Waals surface area contributed by atoms with E-state index < -0.39 is 12.1 Å². The second-order valence-corrected chi connectivity index (χ2v) is 5.42. The molecule has 1 saturated carbocycles. The van der Waals surface area contributed by atoms with Gasteiger partial charge in [-0.2, -0.15) is 0 Å². The second-order valence-electron chi connectivity index (χ2n) is 5.42. The SMILES string of the molecule is COc1cc(C(=O)O)ccc1O[C@@H](C)C(=O)NC1CCCC1. The Labute approximate surface area is 129 Å². The van der Waals surface area contributed by atoms with Gasteiger partial charge in [0.25, 0.3) is 5.91 Å². The molecule has 0 bridgehead atoms. The van der Waals surface area contributed by atoms with Gasteiger partial charge in [0.1, 0.15) is 0 Å². The van der Waals surface area contributed by atoms with Gasteiger partial charge in [-0.15, -0.1) is 0 Å². The molecule has 0 radical (unpaired) electrons. The third kappa shape index (κ3) is 3.90. The summed E-state index contributed by atoms with van der Waals surface area (Å²) in [7, 11) is 1.43. The molecular weight excluding hydrogens is 286 g/mol. The Bertz CT molecular complexity index is 551. The first-order valence-electron chi connectivity index (χ1n) is 7.39. The van der Waals surface area contributed by atoms with E-state index in [4.69, 9.17) is 14.6 Å². The topological polar surface area (TPSA) is 84.9 Å². The summed E-state index contributed by atoms with van der Waals surface area (Å²) < 4.78 is 10.7. The number of benzene rings is 1. The molecule has 0 spiro atoms. The van der Waals surface area contributed by atoms with Crippen LogP contribution in [-0.4, -0.2) is 36.2 Å². The third-order valence-electron chi connectivity index (χ3n) is 3.79. The van der Waals surface area contributed by atoms with Gasteiger partial charge in [0, 0.05) is 6.04 Å². The Kier molecular flexibility index (Phi) is 5.25. The van der Waals surface area contributed by atoms with Gasteiger partial charge >= 0.3 is 5.97 Å². The number of aromatic carboxylic acids is 1. The molecule has 1 aliphatic carbocycles. The fourth-order valence-corrected chi connectivity index (χ4v) is 2.53. The van der Waals surface area contributed by atoms with E-state index in [9.17, 15) is 9.59 Å². The van der Waals surface area contributed by atoms with Crippen molar-refractivity contribution in [2.45, 2.75) is 44.8 Å². The highest BCUT2D eigenvalue weighted by Crippen LogP contribution is 2.29. The van der Waals surface area contributed by atoms with Crippen molar-refractivity contribution in [1.29, 1.82) is 0 Å². The normalized spacial score (nSPS) is 16.1. The van der Waals surface area contributed by atoms with Crippen LogP contribution in [0.2, 0.25) is 0 Å².